The lowest BCUT2D eigenvalue weighted by molar-refractivity contribution is -0.127. The molecule has 0 aliphatic carbocycles. The van der Waals surface area contributed by atoms with Crippen molar-refractivity contribution in [2.45, 2.75) is 32.2 Å². The Morgan fingerprint density at radius 2 is 1.92 bits per heavy atom. The van der Waals surface area contributed by atoms with E-state index in [1.54, 1.807) is 22.6 Å². The first-order valence-electron chi connectivity index (χ1n) is 8.78. The van der Waals surface area contributed by atoms with Crippen molar-refractivity contribution in [2.75, 3.05) is 18.5 Å². The standard InChI is InChI=1S/C20H23N3O3/c1-14-7-5-10-18(24)23(14)12-6-11-21-20(26)16-13-19(25)22(2)17-9-4-3-8-15(16)17/h3-5,7-10,16H,6,11-13H2,1-2H3,(H,21,26)/t16-/m0/s1. The van der Waals surface area contributed by atoms with Crippen LogP contribution in [-0.2, 0) is 16.1 Å². The zero-order valence-corrected chi connectivity index (χ0v) is 15.1. The minimum atomic E-state index is -0.462. The van der Waals surface area contributed by atoms with Crippen molar-refractivity contribution in [3.63, 3.8) is 0 Å². The summed E-state index contributed by atoms with van der Waals surface area (Å²) in [4.78, 5) is 38.2. The van der Waals surface area contributed by atoms with Crippen LogP contribution >= 0.6 is 0 Å². The lowest BCUT2D eigenvalue weighted by Gasteiger charge is -2.30. The quantitative estimate of drug-likeness (QED) is 0.834. The van der Waals surface area contributed by atoms with Gasteiger partial charge in [0.2, 0.25) is 11.8 Å². The number of amides is 2. The zero-order valence-electron chi connectivity index (χ0n) is 15.1. The molecule has 0 fully saturated rings. The molecule has 0 saturated carbocycles. The van der Waals surface area contributed by atoms with Crippen molar-refractivity contribution >= 4 is 17.5 Å². The Morgan fingerprint density at radius 1 is 1.15 bits per heavy atom. The average Bonchev–Trinajstić information content (AvgIpc) is 2.63. The van der Waals surface area contributed by atoms with Gasteiger partial charge in [0.05, 0.1) is 5.92 Å². The Morgan fingerprint density at radius 3 is 2.69 bits per heavy atom. The molecule has 6 nitrogen and oxygen atoms in total. The Kier molecular flexibility index (Phi) is 5.21. The first-order chi connectivity index (χ1) is 12.5. The third-order valence-corrected chi connectivity index (χ3v) is 4.87. The van der Waals surface area contributed by atoms with E-state index in [0.29, 0.717) is 19.5 Å². The highest BCUT2D eigenvalue weighted by Crippen LogP contribution is 2.34. The molecule has 1 aromatic carbocycles. The molecule has 136 valence electrons. The number of rotatable bonds is 5. The second kappa shape index (κ2) is 7.56. The van der Waals surface area contributed by atoms with Crippen LogP contribution in [0.3, 0.4) is 0 Å². The molecular weight excluding hydrogens is 330 g/mol. The number of nitrogens with one attached hydrogen (secondary N) is 1. The highest BCUT2D eigenvalue weighted by Gasteiger charge is 2.33. The zero-order chi connectivity index (χ0) is 18.7. The molecule has 2 heterocycles. The fraction of sp³-hybridized carbons (Fsp3) is 0.350. The van der Waals surface area contributed by atoms with E-state index in [1.165, 1.54) is 6.07 Å². The summed E-state index contributed by atoms with van der Waals surface area (Å²) in [5.41, 5.74) is 2.53. The van der Waals surface area contributed by atoms with Crippen molar-refractivity contribution < 1.29 is 9.59 Å². The van der Waals surface area contributed by atoms with Crippen LogP contribution in [0.15, 0.2) is 47.3 Å². The summed E-state index contributed by atoms with van der Waals surface area (Å²) < 4.78 is 1.69. The van der Waals surface area contributed by atoms with Gasteiger partial charge in [-0.25, -0.2) is 0 Å². The van der Waals surface area contributed by atoms with E-state index in [0.717, 1.165) is 16.9 Å². The van der Waals surface area contributed by atoms with Gasteiger partial charge in [-0.1, -0.05) is 24.3 Å². The molecule has 1 atom stereocenters. The predicted molar refractivity (Wildman–Crippen MR) is 100 cm³/mol. The van der Waals surface area contributed by atoms with Gasteiger partial charge in [0.15, 0.2) is 0 Å². The summed E-state index contributed by atoms with van der Waals surface area (Å²) in [6.07, 6.45) is 0.829. The molecular formula is C20H23N3O3. The predicted octanol–water partition coefficient (Wildman–Crippen LogP) is 1.81. The third-order valence-electron chi connectivity index (χ3n) is 4.87. The van der Waals surface area contributed by atoms with Gasteiger partial charge in [0, 0.05) is 44.0 Å². The van der Waals surface area contributed by atoms with Gasteiger partial charge in [-0.15, -0.1) is 0 Å². The monoisotopic (exact) mass is 353 g/mol. The number of carbonyl (C=O) groups is 2. The van der Waals surface area contributed by atoms with Gasteiger partial charge in [-0.3, -0.25) is 14.4 Å². The molecule has 0 spiro atoms. The van der Waals surface area contributed by atoms with Gasteiger partial charge in [0.1, 0.15) is 0 Å². The van der Waals surface area contributed by atoms with Gasteiger partial charge in [-0.05, 0) is 31.0 Å². The maximum Gasteiger partial charge on any atom is 0.250 e. The molecule has 0 unspecified atom stereocenters. The summed E-state index contributed by atoms with van der Waals surface area (Å²) >= 11 is 0. The number of benzene rings is 1. The summed E-state index contributed by atoms with van der Waals surface area (Å²) in [6.45, 7) is 2.90. The summed E-state index contributed by atoms with van der Waals surface area (Å²) in [6, 6.07) is 12.7. The lowest BCUT2D eigenvalue weighted by Crippen LogP contribution is -2.39. The van der Waals surface area contributed by atoms with E-state index in [4.69, 9.17) is 0 Å². The number of fused-ring (bicyclic) bond motifs is 1. The van der Waals surface area contributed by atoms with Gasteiger partial charge in [0.25, 0.3) is 5.56 Å². The van der Waals surface area contributed by atoms with Gasteiger partial charge < -0.3 is 14.8 Å². The Balaban J connectivity index is 1.61. The van der Waals surface area contributed by atoms with Crippen LogP contribution in [0.1, 0.15) is 30.0 Å². The Bertz CT molecular complexity index is 888. The van der Waals surface area contributed by atoms with Crippen molar-refractivity contribution in [1.29, 1.82) is 0 Å². The normalized spacial score (nSPS) is 16.3. The van der Waals surface area contributed by atoms with Gasteiger partial charge >= 0.3 is 0 Å². The van der Waals surface area contributed by atoms with E-state index in [-0.39, 0.29) is 23.8 Å². The number of nitrogens with zero attached hydrogens (tertiary/aromatic N) is 2. The maximum atomic E-state index is 12.6. The largest absolute Gasteiger partial charge is 0.355 e. The van der Waals surface area contributed by atoms with E-state index in [1.807, 2.05) is 37.3 Å². The number of anilines is 1. The van der Waals surface area contributed by atoms with Gasteiger partial charge in [-0.2, -0.15) is 0 Å². The molecule has 2 aromatic rings. The molecule has 1 N–H and O–H groups in total. The molecule has 0 bridgehead atoms. The van der Waals surface area contributed by atoms with Crippen LogP contribution in [0.4, 0.5) is 5.69 Å². The van der Waals surface area contributed by atoms with Crippen LogP contribution in [0.5, 0.6) is 0 Å². The molecule has 2 amide bonds. The summed E-state index contributed by atoms with van der Waals surface area (Å²) in [5.74, 6) is -0.664. The van der Waals surface area contributed by atoms with E-state index >= 15 is 0 Å². The Hall–Kier alpha value is -2.89. The minimum Gasteiger partial charge on any atom is -0.355 e. The fourth-order valence-electron chi connectivity index (χ4n) is 3.36. The van der Waals surface area contributed by atoms with Crippen LogP contribution in [0.2, 0.25) is 0 Å². The molecule has 0 saturated heterocycles. The molecule has 26 heavy (non-hydrogen) atoms. The number of pyridine rings is 1. The lowest BCUT2D eigenvalue weighted by atomic mass is 9.89. The third kappa shape index (κ3) is 3.54. The number of aromatic nitrogens is 1. The molecule has 1 aliphatic heterocycles. The summed E-state index contributed by atoms with van der Waals surface area (Å²) in [7, 11) is 1.73. The van der Waals surface area contributed by atoms with Crippen LogP contribution < -0.4 is 15.8 Å². The highest BCUT2D eigenvalue weighted by atomic mass is 16.2. The fourth-order valence-corrected chi connectivity index (χ4v) is 3.36. The first-order valence-corrected chi connectivity index (χ1v) is 8.78. The highest BCUT2D eigenvalue weighted by molar-refractivity contribution is 6.02. The molecule has 6 heteroatoms. The second-order valence-corrected chi connectivity index (χ2v) is 6.57. The molecule has 1 aliphatic rings. The number of hydrogen-bond acceptors (Lipinski definition) is 3. The minimum absolute atomic E-state index is 0.0360. The van der Waals surface area contributed by atoms with Crippen molar-refractivity contribution in [2.24, 2.45) is 0 Å². The van der Waals surface area contributed by atoms with E-state index in [9.17, 15) is 14.4 Å². The Labute approximate surface area is 152 Å². The smallest absolute Gasteiger partial charge is 0.250 e. The molecule has 3 rings (SSSR count). The maximum absolute atomic E-state index is 12.6. The number of para-hydroxylation sites is 1. The molecule has 0 radical (unpaired) electrons. The van der Waals surface area contributed by atoms with Crippen LogP contribution in [0.25, 0.3) is 0 Å². The molecule has 1 aromatic heterocycles. The van der Waals surface area contributed by atoms with Crippen molar-refractivity contribution in [3.8, 4) is 0 Å². The average molecular weight is 353 g/mol. The number of carbonyl (C=O) groups excluding carboxylic acids is 2. The SMILES string of the molecule is Cc1cccc(=O)n1CCCNC(=O)[C@H]1CC(=O)N(C)c2ccccc21. The first kappa shape index (κ1) is 17.9. The van der Waals surface area contributed by atoms with Crippen LogP contribution in [0, 0.1) is 6.92 Å². The van der Waals surface area contributed by atoms with E-state index < -0.39 is 5.92 Å². The second-order valence-electron chi connectivity index (χ2n) is 6.57. The van der Waals surface area contributed by atoms with Crippen molar-refractivity contribution in [1.82, 2.24) is 9.88 Å². The summed E-state index contributed by atoms with van der Waals surface area (Å²) in [5, 5.41) is 2.91. The van der Waals surface area contributed by atoms with Crippen molar-refractivity contribution in [3.05, 3.63) is 64.1 Å². The van der Waals surface area contributed by atoms with E-state index in [2.05, 4.69) is 5.32 Å². The number of hydrogen-bond donors (Lipinski definition) is 1. The number of aryl methyl sites for hydroxylation is 1. The topological polar surface area (TPSA) is 71.4 Å². The van der Waals surface area contributed by atoms with Crippen LogP contribution in [-0.4, -0.2) is 30.0 Å².